The van der Waals surface area contributed by atoms with E-state index in [2.05, 4.69) is 5.32 Å². The number of carbonyl (C=O) groups is 2. The summed E-state index contributed by atoms with van der Waals surface area (Å²) in [5.74, 6) is 0.819. The number of imidazole rings is 1. The van der Waals surface area contributed by atoms with Crippen LogP contribution in [0.2, 0.25) is 0 Å². The second kappa shape index (κ2) is 9.37. The summed E-state index contributed by atoms with van der Waals surface area (Å²) in [6.45, 7) is 6.55. The average molecular weight is 393 g/mol. The lowest BCUT2D eigenvalue weighted by Gasteiger charge is -2.27. The van der Waals surface area contributed by atoms with Crippen LogP contribution >= 0.6 is 0 Å². The molecule has 2 aromatic carbocycles. The average Bonchev–Trinajstić information content (AvgIpc) is 3.06. The monoisotopic (exact) mass is 392 g/mol. The van der Waals surface area contributed by atoms with Gasteiger partial charge in [0.15, 0.2) is 0 Å². The lowest BCUT2D eigenvalue weighted by atomic mass is 10.2. The summed E-state index contributed by atoms with van der Waals surface area (Å²) in [6, 6.07) is 17.6. The minimum atomic E-state index is 0.00759. The maximum atomic E-state index is 13.3. The topological polar surface area (TPSA) is 67.2 Å². The van der Waals surface area contributed by atoms with Crippen LogP contribution in [0.3, 0.4) is 0 Å². The number of amides is 2. The molecule has 0 fully saturated rings. The molecule has 1 aromatic heterocycles. The third-order valence-electron chi connectivity index (χ3n) is 4.84. The van der Waals surface area contributed by atoms with Crippen molar-refractivity contribution in [2.75, 3.05) is 11.4 Å². The van der Waals surface area contributed by atoms with Crippen molar-refractivity contribution in [3.63, 3.8) is 0 Å². The Bertz CT molecular complexity index is 979. The second-order valence-electron chi connectivity index (χ2n) is 7.25. The van der Waals surface area contributed by atoms with Gasteiger partial charge in [-0.25, -0.2) is 4.98 Å². The highest BCUT2D eigenvalue weighted by Gasteiger charge is 2.21. The summed E-state index contributed by atoms with van der Waals surface area (Å²) in [5.41, 5.74) is 2.66. The van der Waals surface area contributed by atoms with E-state index in [-0.39, 0.29) is 24.4 Å². The van der Waals surface area contributed by atoms with E-state index >= 15 is 0 Å². The summed E-state index contributed by atoms with van der Waals surface area (Å²) >= 11 is 0. The molecule has 0 radical (unpaired) electrons. The Morgan fingerprint density at radius 3 is 2.45 bits per heavy atom. The van der Waals surface area contributed by atoms with Gasteiger partial charge < -0.3 is 14.8 Å². The molecule has 152 valence electrons. The number of carbonyl (C=O) groups excluding carboxylic acids is 2. The summed E-state index contributed by atoms with van der Waals surface area (Å²) in [6.07, 6.45) is 1.02. The molecule has 3 rings (SSSR count). The standard InChI is InChI=1S/C23H28N4O2/c1-4-22(28)24-15-14-21-25-19-12-8-9-13-20(19)26(21)16-23(29)27(17(2)3)18-10-6-5-7-11-18/h5-13,17H,4,14-16H2,1-3H3,(H,24,28). The molecule has 0 atom stereocenters. The van der Waals surface area contributed by atoms with Crippen molar-refractivity contribution in [3.05, 3.63) is 60.4 Å². The lowest BCUT2D eigenvalue weighted by molar-refractivity contribution is -0.121. The molecule has 0 spiro atoms. The predicted molar refractivity (Wildman–Crippen MR) is 116 cm³/mol. The van der Waals surface area contributed by atoms with E-state index in [0.717, 1.165) is 22.5 Å². The normalized spacial score (nSPS) is 11.0. The first-order chi connectivity index (χ1) is 14.0. The summed E-state index contributed by atoms with van der Waals surface area (Å²) in [4.78, 5) is 31.4. The molecule has 1 N–H and O–H groups in total. The van der Waals surface area contributed by atoms with E-state index in [1.807, 2.05) is 84.8 Å². The number of fused-ring (bicyclic) bond motifs is 1. The van der Waals surface area contributed by atoms with E-state index in [0.29, 0.717) is 19.4 Å². The molecule has 0 unspecified atom stereocenters. The van der Waals surface area contributed by atoms with Gasteiger partial charge in [0.25, 0.3) is 0 Å². The Morgan fingerprint density at radius 2 is 1.76 bits per heavy atom. The van der Waals surface area contributed by atoms with Crippen LogP contribution in [0, 0.1) is 0 Å². The molecule has 0 saturated heterocycles. The van der Waals surface area contributed by atoms with Gasteiger partial charge in [-0.15, -0.1) is 0 Å². The molecular formula is C23H28N4O2. The maximum absolute atomic E-state index is 13.3. The van der Waals surface area contributed by atoms with Crippen LogP contribution in [0.1, 0.15) is 33.0 Å². The van der Waals surface area contributed by atoms with Gasteiger partial charge >= 0.3 is 0 Å². The Labute approximate surface area is 171 Å². The van der Waals surface area contributed by atoms with Crippen molar-refractivity contribution in [2.24, 2.45) is 0 Å². The second-order valence-corrected chi connectivity index (χ2v) is 7.25. The van der Waals surface area contributed by atoms with Crippen LogP contribution in [0.25, 0.3) is 11.0 Å². The summed E-state index contributed by atoms with van der Waals surface area (Å²) in [5, 5.41) is 2.88. The van der Waals surface area contributed by atoms with Gasteiger partial charge in [-0.05, 0) is 38.1 Å². The van der Waals surface area contributed by atoms with E-state index < -0.39 is 0 Å². The molecule has 0 saturated carbocycles. The summed E-state index contributed by atoms with van der Waals surface area (Å²) < 4.78 is 1.97. The van der Waals surface area contributed by atoms with Crippen LogP contribution in [0.4, 0.5) is 5.69 Å². The van der Waals surface area contributed by atoms with Gasteiger partial charge in [-0.1, -0.05) is 37.3 Å². The first-order valence-corrected chi connectivity index (χ1v) is 10.1. The minimum absolute atomic E-state index is 0.00759. The zero-order valence-corrected chi connectivity index (χ0v) is 17.3. The van der Waals surface area contributed by atoms with Gasteiger partial charge in [0.2, 0.25) is 11.8 Å². The Hall–Kier alpha value is -3.15. The van der Waals surface area contributed by atoms with Crippen LogP contribution in [-0.2, 0) is 22.6 Å². The van der Waals surface area contributed by atoms with Crippen molar-refractivity contribution in [1.29, 1.82) is 0 Å². The smallest absolute Gasteiger partial charge is 0.247 e. The van der Waals surface area contributed by atoms with Gasteiger partial charge in [0, 0.05) is 31.1 Å². The Balaban J connectivity index is 1.88. The lowest BCUT2D eigenvalue weighted by Crippen LogP contribution is -2.39. The maximum Gasteiger partial charge on any atom is 0.247 e. The SMILES string of the molecule is CCC(=O)NCCc1nc2ccccc2n1CC(=O)N(c1ccccc1)C(C)C. The number of benzene rings is 2. The van der Waals surface area contributed by atoms with Gasteiger partial charge in [-0.2, -0.15) is 0 Å². The Morgan fingerprint density at radius 1 is 1.07 bits per heavy atom. The molecule has 1 heterocycles. The first-order valence-electron chi connectivity index (χ1n) is 10.1. The van der Waals surface area contributed by atoms with Gasteiger partial charge in [0.05, 0.1) is 11.0 Å². The van der Waals surface area contributed by atoms with Crippen molar-refractivity contribution < 1.29 is 9.59 Å². The summed E-state index contributed by atoms with van der Waals surface area (Å²) in [7, 11) is 0. The molecule has 2 amide bonds. The van der Waals surface area contributed by atoms with Crippen LogP contribution < -0.4 is 10.2 Å². The fourth-order valence-corrected chi connectivity index (χ4v) is 3.46. The van der Waals surface area contributed by atoms with Crippen LogP contribution in [-0.4, -0.2) is 34.0 Å². The number of aromatic nitrogens is 2. The van der Waals surface area contributed by atoms with E-state index in [9.17, 15) is 9.59 Å². The fraction of sp³-hybridized carbons (Fsp3) is 0.348. The van der Waals surface area contributed by atoms with E-state index in [1.165, 1.54) is 0 Å². The molecule has 0 aliphatic rings. The van der Waals surface area contributed by atoms with E-state index in [4.69, 9.17) is 4.98 Å². The highest BCUT2D eigenvalue weighted by molar-refractivity contribution is 5.94. The predicted octanol–water partition coefficient (Wildman–Crippen LogP) is 3.55. The van der Waals surface area contributed by atoms with Gasteiger partial charge in [-0.3, -0.25) is 9.59 Å². The number of hydrogen-bond acceptors (Lipinski definition) is 3. The molecule has 3 aromatic rings. The molecule has 0 aliphatic carbocycles. The largest absolute Gasteiger partial charge is 0.356 e. The number of nitrogens with zero attached hydrogens (tertiary/aromatic N) is 3. The zero-order valence-electron chi connectivity index (χ0n) is 17.3. The third-order valence-corrected chi connectivity index (χ3v) is 4.84. The van der Waals surface area contributed by atoms with Crippen LogP contribution in [0.5, 0.6) is 0 Å². The first kappa shape index (κ1) is 20.6. The molecule has 0 bridgehead atoms. The van der Waals surface area contributed by atoms with Crippen LogP contribution in [0.15, 0.2) is 54.6 Å². The number of rotatable bonds is 8. The number of anilines is 1. The molecule has 0 aliphatic heterocycles. The highest BCUT2D eigenvalue weighted by atomic mass is 16.2. The van der Waals surface area contributed by atoms with Crippen molar-refractivity contribution in [2.45, 2.75) is 46.2 Å². The number of hydrogen-bond donors (Lipinski definition) is 1. The number of nitrogens with one attached hydrogen (secondary N) is 1. The molecular weight excluding hydrogens is 364 g/mol. The van der Waals surface area contributed by atoms with Crippen molar-refractivity contribution in [1.82, 2.24) is 14.9 Å². The minimum Gasteiger partial charge on any atom is -0.356 e. The Kier molecular flexibility index (Phi) is 6.65. The quantitative estimate of drug-likeness (QED) is 0.637. The number of para-hydroxylation sites is 3. The van der Waals surface area contributed by atoms with Crippen molar-refractivity contribution in [3.8, 4) is 0 Å². The van der Waals surface area contributed by atoms with Gasteiger partial charge in [0.1, 0.15) is 12.4 Å². The fourth-order valence-electron chi connectivity index (χ4n) is 3.46. The molecule has 6 nitrogen and oxygen atoms in total. The molecule has 6 heteroatoms. The van der Waals surface area contributed by atoms with E-state index in [1.54, 1.807) is 0 Å². The zero-order chi connectivity index (χ0) is 20.8. The van der Waals surface area contributed by atoms with Crippen molar-refractivity contribution >= 4 is 28.5 Å². The highest BCUT2D eigenvalue weighted by Crippen LogP contribution is 2.20. The molecule has 29 heavy (non-hydrogen) atoms. The third kappa shape index (κ3) is 4.83.